The van der Waals surface area contributed by atoms with Gasteiger partial charge < -0.3 is 14.2 Å². The maximum absolute atomic E-state index is 12.8. The van der Waals surface area contributed by atoms with Gasteiger partial charge in [-0.2, -0.15) is 0 Å². The van der Waals surface area contributed by atoms with Gasteiger partial charge in [0.15, 0.2) is 11.2 Å². The summed E-state index contributed by atoms with van der Waals surface area (Å²) in [6.45, 7) is 8.07. The van der Waals surface area contributed by atoms with Crippen molar-refractivity contribution in [3.63, 3.8) is 0 Å². The number of piperidine rings is 1. The minimum atomic E-state index is -0.390. The van der Waals surface area contributed by atoms with Gasteiger partial charge in [-0.05, 0) is 76.0 Å². The Bertz CT molecular complexity index is 1130. The highest BCUT2D eigenvalue weighted by molar-refractivity contribution is 5.93. The first kappa shape index (κ1) is 23.1. The second kappa shape index (κ2) is 9.71. The Kier molecular flexibility index (Phi) is 7.23. The van der Waals surface area contributed by atoms with Gasteiger partial charge in [0.2, 0.25) is 0 Å². The normalized spacial score (nSPS) is 15.5. The highest BCUT2D eigenvalue weighted by Gasteiger charge is 2.26. The largest absolute Gasteiger partial charge is 0.465 e. The summed E-state index contributed by atoms with van der Waals surface area (Å²) in [5, 5.41) is 3.47. The molecule has 3 heterocycles. The summed E-state index contributed by atoms with van der Waals surface area (Å²) in [7, 11) is 0. The zero-order chi connectivity index (χ0) is 21.3. The molecule has 1 N–H and O–H groups in total. The number of amides is 1. The van der Waals surface area contributed by atoms with Crippen LogP contribution in [-0.4, -0.2) is 30.4 Å². The molecule has 4 rings (SSSR count). The molecule has 6 nitrogen and oxygen atoms in total. The van der Waals surface area contributed by atoms with Gasteiger partial charge in [0.25, 0.3) is 5.91 Å². The van der Waals surface area contributed by atoms with Gasteiger partial charge in [0.1, 0.15) is 17.1 Å². The van der Waals surface area contributed by atoms with Crippen LogP contribution in [0.5, 0.6) is 0 Å². The summed E-state index contributed by atoms with van der Waals surface area (Å²) in [4.78, 5) is 27.8. The van der Waals surface area contributed by atoms with Crippen LogP contribution in [0.4, 0.5) is 0 Å². The highest BCUT2D eigenvalue weighted by atomic mass is 35.5. The molecule has 1 aliphatic rings. The van der Waals surface area contributed by atoms with Gasteiger partial charge in [-0.25, -0.2) is 0 Å². The second-order valence-electron chi connectivity index (χ2n) is 8.20. The molecule has 1 aliphatic heterocycles. The van der Waals surface area contributed by atoms with Crippen LogP contribution in [0.3, 0.4) is 0 Å². The van der Waals surface area contributed by atoms with Crippen LogP contribution < -0.4 is 10.7 Å². The number of aryl methyl sites for hydroxylation is 3. The molecular formula is C24H29ClN2O4. The number of nitrogens with zero attached hydrogens (tertiary/aromatic N) is 1. The van der Waals surface area contributed by atoms with E-state index >= 15 is 0 Å². The average Bonchev–Trinajstić information content (AvgIpc) is 3.14. The van der Waals surface area contributed by atoms with E-state index < -0.39 is 5.91 Å². The minimum Gasteiger partial charge on any atom is -0.465 e. The van der Waals surface area contributed by atoms with Crippen LogP contribution in [0.1, 0.15) is 58.5 Å². The SMILES string of the molecule is Cc1cc(C)c2c(=O)cc(C(=O)NCC(c3ccc(C)o3)N3CCCCC3)oc2c1.Cl. The van der Waals surface area contributed by atoms with Gasteiger partial charge in [-0.1, -0.05) is 12.5 Å². The topological polar surface area (TPSA) is 75.7 Å². The Morgan fingerprint density at radius 3 is 2.48 bits per heavy atom. The fourth-order valence-corrected chi connectivity index (χ4v) is 4.32. The third-order valence-corrected chi connectivity index (χ3v) is 5.77. The van der Waals surface area contributed by atoms with Crippen LogP contribution in [0.15, 0.2) is 44.0 Å². The number of hydrogen-bond donors (Lipinski definition) is 1. The van der Waals surface area contributed by atoms with Crippen molar-refractivity contribution < 1.29 is 13.6 Å². The van der Waals surface area contributed by atoms with Crippen LogP contribution in [0.2, 0.25) is 0 Å². The summed E-state index contributed by atoms with van der Waals surface area (Å²) in [5.74, 6) is 1.34. The van der Waals surface area contributed by atoms with E-state index in [1.807, 2.05) is 39.0 Å². The number of fused-ring (bicyclic) bond motifs is 1. The predicted octanol–water partition coefficient (Wildman–Crippen LogP) is 4.69. The highest BCUT2D eigenvalue weighted by Crippen LogP contribution is 2.26. The van der Waals surface area contributed by atoms with Crippen LogP contribution in [0.25, 0.3) is 11.0 Å². The molecule has 0 bridgehead atoms. The number of rotatable bonds is 5. The Morgan fingerprint density at radius 1 is 1.06 bits per heavy atom. The van der Waals surface area contributed by atoms with Gasteiger partial charge in [-0.3, -0.25) is 14.5 Å². The standard InChI is InChI=1S/C24H28N2O4.ClH/c1-15-11-16(2)23-19(27)13-22(30-21(23)12-15)24(28)25-14-18(20-8-7-17(3)29-20)26-9-5-4-6-10-26;/h7-8,11-13,18H,4-6,9-10,14H2,1-3H3,(H,25,28);1H. The monoisotopic (exact) mass is 444 g/mol. The van der Waals surface area contributed by atoms with Crippen LogP contribution in [-0.2, 0) is 0 Å². The molecule has 0 radical (unpaired) electrons. The average molecular weight is 445 g/mol. The number of benzene rings is 1. The molecule has 166 valence electrons. The predicted molar refractivity (Wildman–Crippen MR) is 123 cm³/mol. The molecule has 0 aliphatic carbocycles. The van der Waals surface area contributed by atoms with E-state index in [0.29, 0.717) is 17.5 Å². The quantitative estimate of drug-likeness (QED) is 0.617. The molecule has 7 heteroatoms. The molecule has 1 amide bonds. The Labute approximate surface area is 188 Å². The van der Waals surface area contributed by atoms with E-state index in [4.69, 9.17) is 8.83 Å². The maximum Gasteiger partial charge on any atom is 0.287 e. The van der Waals surface area contributed by atoms with Crippen molar-refractivity contribution in [2.75, 3.05) is 19.6 Å². The van der Waals surface area contributed by atoms with Crippen molar-refractivity contribution in [3.8, 4) is 0 Å². The molecule has 1 fully saturated rings. The molecule has 1 unspecified atom stereocenters. The molecule has 3 aromatic rings. The van der Waals surface area contributed by atoms with Crippen molar-refractivity contribution in [3.05, 3.63) is 69.0 Å². The third-order valence-electron chi connectivity index (χ3n) is 5.77. The fourth-order valence-electron chi connectivity index (χ4n) is 4.32. The lowest BCUT2D eigenvalue weighted by Crippen LogP contribution is -2.40. The van der Waals surface area contributed by atoms with E-state index in [9.17, 15) is 9.59 Å². The number of carbonyl (C=O) groups excluding carboxylic acids is 1. The van der Waals surface area contributed by atoms with Crippen molar-refractivity contribution in [2.24, 2.45) is 0 Å². The summed E-state index contributed by atoms with van der Waals surface area (Å²) in [6, 6.07) is 8.90. The summed E-state index contributed by atoms with van der Waals surface area (Å²) in [6.07, 6.45) is 3.51. The number of carbonyl (C=O) groups is 1. The van der Waals surface area contributed by atoms with E-state index in [1.165, 1.54) is 12.5 Å². The lowest BCUT2D eigenvalue weighted by molar-refractivity contribution is 0.0887. The Morgan fingerprint density at radius 2 is 1.81 bits per heavy atom. The summed E-state index contributed by atoms with van der Waals surface area (Å²) >= 11 is 0. The first-order valence-electron chi connectivity index (χ1n) is 10.6. The van der Waals surface area contributed by atoms with Gasteiger partial charge in [0.05, 0.1) is 11.4 Å². The van der Waals surface area contributed by atoms with Gasteiger partial charge in [0, 0.05) is 12.6 Å². The first-order valence-corrected chi connectivity index (χ1v) is 10.6. The lowest BCUT2D eigenvalue weighted by Gasteiger charge is -2.33. The van der Waals surface area contributed by atoms with Crippen LogP contribution in [0, 0.1) is 20.8 Å². The first-order chi connectivity index (χ1) is 14.4. The molecule has 0 spiro atoms. The van der Waals surface area contributed by atoms with Crippen molar-refractivity contribution >= 4 is 29.3 Å². The number of halogens is 1. The van der Waals surface area contributed by atoms with Gasteiger partial charge in [-0.15, -0.1) is 12.4 Å². The van der Waals surface area contributed by atoms with Crippen molar-refractivity contribution in [1.82, 2.24) is 10.2 Å². The molecule has 1 saturated heterocycles. The fraction of sp³-hybridized carbons (Fsp3) is 0.417. The molecule has 1 aromatic carbocycles. The van der Waals surface area contributed by atoms with Crippen LogP contribution >= 0.6 is 12.4 Å². The van der Waals surface area contributed by atoms with E-state index in [0.717, 1.165) is 48.6 Å². The van der Waals surface area contributed by atoms with E-state index in [2.05, 4.69) is 10.2 Å². The number of likely N-dealkylation sites (tertiary alicyclic amines) is 1. The Balaban J connectivity index is 0.00000272. The van der Waals surface area contributed by atoms with E-state index in [-0.39, 0.29) is 29.6 Å². The molecule has 0 saturated carbocycles. The molecule has 1 atom stereocenters. The summed E-state index contributed by atoms with van der Waals surface area (Å²) < 4.78 is 11.7. The smallest absolute Gasteiger partial charge is 0.287 e. The lowest BCUT2D eigenvalue weighted by atomic mass is 10.1. The molecule has 31 heavy (non-hydrogen) atoms. The van der Waals surface area contributed by atoms with Gasteiger partial charge >= 0.3 is 0 Å². The number of furan rings is 1. The maximum atomic E-state index is 12.8. The van der Waals surface area contributed by atoms with Crippen molar-refractivity contribution in [1.29, 1.82) is 0 Å². The number of hydrogen-bond acceptors (Lipinski definition) is 5. The molecule has 2 aromatic heterocycles. The zero-order valence-corrected chi connectivity index (χ0v) is 19.0. The Hall–Kier alpha value is -2.57. The minimum absolute atomic E-state index is 0. The molecular weight excluding hydrogens is 416 g/mol. The number of nitrogens with one attached hydrogen (secondary N) is 1. The van der Waals surface area contributed by atoms with Crippen molar-refractivity contribution in [2.45, 2.75) is 46.1 Å². The third kappa shape index (κ3) is 5.02. The second-order valence-corrected chi connectivity index (χ2v) is 8.20. The zero-order valence-electron chi connectivity index (χ0n) is 18.2. The summed E-state index contributed by atoms with van der Waals surface area (Å²) in [5.41, 5.74) is 2.08. The van der Waals surface area contributed by atoms with E-state index in [1.54, 1.807) is 6.07 Å².